The summed E-state index contributed by atoms with van der Waals surface area (Å²) in [6, 6.07) is 22.1. The summed E-state index contributed by atoms with van der Waals surface area (Å²) in [6.07, 6.45) is 7.09. The largest absolute Gasteiger partial charge is 0.331 e. The highest BCUT2D eigenvalue weighted by Crippen LogP contribution is 2.49. The number of halogens is 2. The Bertz CT molecular complexity index is 1500. The number of hydrogen-bond acceptors (Lipinski definition) is 3. The molecule has 6 rings (SSSR count). The topological polar surface area (TPSA) is 47.6 Å². The number of anilines is 2. The molecule has 0 saturated carbocycles. The Balaban J connectivity index is 1.25. The van der Waals surface area contributed by atoms with Gasteiger partial charge in [-0.05, 0) is 90.9 Å². The van der Waals surface area contributed by atoms with Crippen LogP contribution in [0.1, 0.15) is 37.8 Å². The number of carbonyl (C=O) groups excluding carboxylic acids is 1. The molecule has 2 amide bonds. The SMILES string of the molecule is C[C@H]1C2=CNN(c3ccc(F)cc3)C2=CC2=C1[C@@H](CC(NC(=O)N(C)c1ccc(F)cc1)c1ccccc1)CC2. The van der Waals surface area contributed by atoms with Gasteiger partial charge >= 0.3 is 6.03 Å². The van der Waals surface area contributed by atoms with Gasteiger partial charge in [0.2, 0.25) is 0 Å². The van der Waals surface area contributed by atoms with Crippen molar-refractivity contribution >= 4 is 17.4 Å². The molecule has 3 aliphatic rings. The maximum Gasteiger partial charge on any atom is 0.322 e. The van der Waals surface area contributed by atoms with Crippen molar-refractivity contribution in [3.8, 4) is 0 Å². The Morgan fingerprint density at radius 2 is 1.70 bits per heavy atom. The van der Waals surface area contributed by atoms with Crippen LogP contribution in [0.2, 0.25) is 0 Å². The van der Waals surface area contributed by atoms with Crippen LogP contribution in [0.25, 0.3) is 0 Å². The maximum atomic E-state index is 13.5. The number of rotatable bonds is 6. The molecule has 3 aromatic carbocycles. The first-order valence-corrected chi connectivity index (χ1v) is 13.7. The predicted octanol–water partition coefficient (Wildman–Crippen LogP) is 7.39. The molecule has 0 fully saturated rings. The molecular formula is C33H32F2N4O. The predicted molar refractivity (Wildman–Crippen MR) is 154 cm³/mol. The number of nitrogens with one attached hydrogen (secondary N) is 2. The number of benzene rings is 3. The smallest absolute Gasteiger partial charge is 0.322 e. The molecule has 0 bridgehead atoms. The molecule has 1 aliphatic heterocycles. The second kappa shape index (κ2) is 10.6. The van der Waals surface area contributed by atoms with E-state index in [1.807, 2.05) is 29.4 Å². The van der Waals surface area contributed by atoms with Gasteiger partial charge in [-0.1, -0.05) is 42.8 Å². The van der Waals surface area contributed by atoms with Crippen molar-refractivity contribution in [2.75, 3.05) is 17.0 Å². The Labute approximate surface area is 233 Å². The van der Waals surface area contributed by atoms with Gasteiger partial charge in [-0.2, -0.15) is 0 Å². The van der Waals surface area contributed by atoms with Crippen LogP contribution in [0.3, 0.4) is 0 Å². The van der Waals surface area contributed by atoms with Crippen LogP contribution in [-0.2, 0) is 0 Å². The molecule has 0 spiro atoms. The van der Waals surface area contributed by atoms with E-state index in [1.54, 1.807) is 31.3 Å². The van der Waals surface area contributed by atoms with E-state index in [9.17, 15) is 13.6 Å². The van der Waals surface area contributed by atoms with Crippen molar-refractivity contribution in [1.82, 2.24) is 10.7 Å². The van der Waals surface area contributed by atoms with Gasteiger partial charge in [0.25, 0.3) is 0 Å². The number of amides is 2. The highest BCUT2D eigenvalue weighted by atomic mass is 19.1. The van der Waals surface area contributed by atoms with Crippen LogP contribution in [0.5, 0.6) is 0 Å². The third-order valence-electron chi connectivity index (χ3n) is 8.33. The number of hydrogen-bond donors (Lipinski definition) is 2. The van der Waals surface area contributed by atoms with Crippen LogP contribution >= 0.6 is 0 Å². The fourth-order valence-electron chi connectivity index (χ4n) is 6.24. The minimum atomic E-state index is -0.336. The third-order valence-corrected chi connectivity index (χ3v) is 8.33. The van der Waals surface area contributed by atoms with Crippen LogP contribution < -0.4 is 20.7 Å². The number of carbonyl (C=O) groups is 1. The lowest BCUT2D eigenvalue weighted by atomic mass is 9.78. The van der Waals surface area contributed by atoms with Crippen molar-refractivity contribution < 1.29 is 13.6 Å². The quantitative estimate of drug-likeness (QED) is 0.344. The minimum absolute atomic E-state index is 0.183. The van der Waals surface area contributed by atoms with Crippen LogP contribution in [0.4, 0.5) is 25.0 Å². The zero-order valence-electron chi connectivity index (χ0n) is 22.6. The van der Waals surface area contributed by atoms with Crippen LogP contribution in [0.15, 0.2) is 114 Å². The standard InChI is InChI=1S/C33H32F2N4O/c1-21-29-20-36-39(28-16-12-26(35)13-17-28)31(29)19-24-9-8-23(32(21)24)18-30(22-6-4-3-5-7-22)37-33(40)38(2)27-14-10-25(34)11-15-27/h3-7,10-17,19-21,23,30,36H,8-9,18H2,1-2H3,(H,37,40)/t21-,23+,30?/m0/s1. The lowest BCUT2D eigenvalue weighted by Crippen LogP contribution is -2.40. The van der Waals surface area contributed by atoms with E-state index in [0.29, 0.717) is 11.6 Å². The summed E-state index contributed by atoms with van der Waals surface area (Å²) in [5.74, 6) is -0.0634. The highest BCUT2D eigenvalue weighted by molar-refractivity contribution is 5.91. The Morgan fingerprint density at radius 3 is 2.40 bits per heavy atom. The molecule has 2 aliphatic carbocycles. The second-order valence-corrected chi connectivity index (χ2v) is 10.7. The first kappa shape index (κ1) is 25.9. The summed E-state index contributed by atoms with van der Waals surface area (Å²) < 4.78 is 27.0. The molecule has 0 aromatic heterocycles. The zero-order chi connectivity index (χ0) is 27.8. The van der Waals surface area contributed by atoms with Gasteiger partial charge in [-0.25, -0.2) is 13.6 Å². The monoisotopic (exact) mass is 538 g/mol. The van der Waals surface area contributed by atoms with E-state index >= 15 is 0 Å². The number of allylic oxidation sites excluding steroid dienone is 4. The summed E-state index contributed by atoms with van der Waals surface area (Å²) in [5, 5.41) is 5.27. The van der Waals surface area contributed by atoms with Crippen LogP contribution in [-0.4, -0.2) is 13.1 Å². The molecule has 204 valence electrons. The normalized spacial score (nSPS) is 20.2. The number of urea groups is 1. The highest BCUT2D eigenvalue weighted by Gasteiger charge is 2.39. The van der Waals surface area contributed by atoms with E-state index in [-0.39, 0.29) is 29.6 Å². The molecular weight excluding hydrogens is 506 g/mol. The summed E-state index contributed by atoms with van der Waals surface area (Å²) in [5.41, 5.74) is 11.0. The summed E-state index contributed by atoms with van der Waals surface area (Å²) in [4.78, 5) is 14.8. The van der Waals surface area contributed by atoms with Crippen molar-refractivity contribution in [2.24, 2.45) is 11.8 Å². The van der Waals surface area contributed by atoms with Gasteiger partial charge in [0.15, 0.2) is 0 Å². The fourth-order valence-corrected chi connectivity index (χ4v) is 6.24. The number of fused-ring (bicyclic) bond motifs is 1. The van der Waals surface area contributed by atoms with Gasteiger partial charge in [0, 0.05) is 30.4 Å². The number of nitrogens with zero attached hydrogens (tertiary/aromatic N) is 2. The molecule has 7 heteroatoms. The van der Waals surface area contributed by atoms with Crippen molar-refractivity contribution in [3.63, 3.8) is 0 Å². The summed E-state index contributed by atoms with van der Waals surface area (Å²) in [7, 11) is 1.70. The summed E-state index contributed by atoms with van der Waals surface area (Å²) in [6.45, 7) is 2.25. The Hall–Kier alpha value is -4.39. The van der Waals surface area contributed by atoms with E-state index in [2.05, 4.69) is 35.9 Å². The first-order chi connectivity index (χ1) is 19.4. The van der Waals surface area contributed by atoms with Gasteiger partial charge in [0.1, 0.15) is 11.6 Å². The van der Waals surface area contributed by atoms with E-state index in [1.165, 1.54) is 45.9 Å². The molecule has 2 N–H and O–H groups in total. The Kier molecular flexibility index (Phi) is 6.88. The minimum Gasteiger partial charge on any atom is -0.331 e. The van der Waals surface area contributed by atoms with Crippen molar-refractivity contribution in [3.05, 3.63) is 131 Å². The van der Waals surface area contributed by atoms with E-state index in [4.69, 9.17) is 0 Å². The van der Waals surface area contributed by atoms with Gasteiger partial charge < -0.3 is 10.7 Å². The van der Waals surface area contributed by atoms with E-state index < -0.39 is 0 Å². The molecule has 1 heterocycles. The Morgan fingerprint density at radius 1 is 1.02 bits per heavy atom. The molecule has 5 nitrogen and oxygen atoms in total. The van der Waals surface area contributed by atoms with Gasteiger partial charge in [0.05, 0.1) is 17.4 Å². The van der Waals surface area contributed by atoms with Crippen LogP contribution in [0, 0.1) is 23.5 Å². The maximum absolute atomic E-state index is 13.5. The zero-order valence-corrected chi connectivity index (χ0v) is 22.6. The van der Waals surface area contributed by atoms with E-state index in [0.717, 1.165) is 36.2 Å². The lowest BCUT2D eigenvalue weighted by Gasteiger charge is -2.32. The molecule has 40 heavy (non-hydrogen) atoms. The lowest BCUT2D eigenvalue weighted by molar-refractivity contribution is 0.241. The summed E-state index contributed by atoms with van der Waals surface area (Å²) >= 11 is 0. The number of hydrazine groups is 1. The molecule has 3 atom stereocenters. The first-order valence-electron chi connectivity index (χ1n) is 13.7. The van der Waals surface area contributed by atoms with Gasteiger partial charge in [-0.3, -0.25) is 9.91 Å². The third kappa shape index (κ3) is 4.88. The molecule has 1 unspecified atom stereocenters. The molecule has 0 radical (unpaired) electrons. The van der Waals surface area contributed by atoms with Crippen molar-refractivity contribution in [2.45, 2.75) is 32.2 Å². The van der Waals surface area contributed by atoms with Gasteiger partial charge in [-0.15, -0.1) is 0 Å². The average Bonchev–Trinajstić information content (AvgIpc) is 3.58. The molecule has 0 saturated heterocycles. The average molecular weight is 539 g/mol. The molecule has 3 aromatic rings. The second-order valence-electron chi connectivity index (χ2n) is 10.7. The fraction of sp³-hybridized carbons (Fsp3) is 0.242. The van der Waals surface area contributed by atoms with Crippen molar-refractivity contribution in [1.29, 1.82) is 0 Å².